The van der Waals surface area contributed by atoms with Crippen molar-refractivity contribution < 1.29 is 0 Å². The van der Waals surface area contributed by atoms with Crippen LogP contribution in [0.2, 0.25) is 0 Å². The number of hydrogen-bond donors (Lipinski definition) is 1. The van der Waals surface area contributed by atoms with Crippen LogP contribution in [-0.4, -0.2) is 54.1 Å². The lowest BCUT2D eigenvalue weighted by Gasteiger charge is -2.35. The largest absolute Gasteiger partial charge is 0.326 e. The van der Waals surface area contributed by atoms with Crippen LogP contribution in [0.3, 0.4) is 0 Å². The molecule has 2 heterocycles. The summed E-state index contributed by atoms with van der Waals surface area (Å²) in [5.74, 6) is 0. The van der Waals surface area contributed by atoms with E-state index in [4.69, 9.17) is 5.73 Å². The topological polar surface area (TPSA) is 32.5 Å². The van der Waals surface area contributed by atoms with E-state index >= 15 is 0 Å². The van der Waals surface area contributed by atoms with Crippen molar-refractivity contribution in [1.29, 1.82) is 0 Å². The Morgan fingerprint density at radius 2 is 1.50 bits per heavy atom. The fourth-order valence-corrected chi connectivity index (χ4v) is 4.31. The van der Waals surface area contributed by atoms with Gasteiger partial charge in [-0.3, -0.25) is 9.80 Å². The quantitative estimate of drug-likeness (QED) is 0.722. The van der Waals surface area contributed by atoms with Crippen molar-refractivity contribution in [2.75, 3.05) is 26.2 Å². The van der Waals surface area contributed by atoms with E-state index in [0.717, 1.165) is 6.04 Å². The van der Waals surface area contributed by atoms with E-state index in [2.05, 4.69) is 9.80 Å². The summed E-state index contributed by atoms with van der Waals surface area (Å²) < 4.78 is 0. The number of rotatable bonds is 1. The fraction of sp³-hybridized carbons (Fsp3) is 1.00. The second-order valence-electron chi connectivity index (χ2n) is 6.55. The third-order valence-electron chi connectivity index (χ3n) is 5.34. The summed E-state index contributed by atoms with van der Waals surface area (Å²) in [4.78, 5) is 5.48. The molecule has 104 valence electrons. The first-order valence-electron chi connectivity index (χ1n) is 8.08. The second-order valence-corrected chi connectivity index (χ2v) is 6.55. The molecule has 0 radical (unpaired) electrons. The summed E-state index contributed by atoms with van der Waals surface area (Å²) >= 11 is 0. The number of nitrogens with zero attached hydrogens (tertiary/aromatic N) is 2. The molecule has 0 amide bonds. The van der Waals surface area contributed by atoms with Crippen LogP contribution < -0.4 is 5.73 Å². The maximum Gasteiger partial charge on any atom is 0.0247 e. The van der Waals surface area contributed by atoms with Crippen LogP contribution >= 0.6 is 0 Å². The lowest BCUT2D eigenvalue weighted by molar-refractivity contribution is 0.146. The molecule has 1 aliphatic carbocycles. The van der Waals surface area contributed by atoms with Crippen molar-refractivity contribution in [2.24, 2.45) is 5.73 Å². The Kier molecular flexibility index (Phi) is 4.22. The highest BCUT2D eigenvalue weighted by molar-refractivity contribution is 4.91. The summed E-state index contributed by atoms with van der Waals surface area (Å²) in [7, 11) is 0. The maximum atomic E-state index is 6.44. The smallest absolute Gasteiger partial charge is 0.0247 e. The van der Waals surface area contributed by atoms with Crippen LogP contribution in [0.15, 0.2) is 0 Å². The highest BCUT2D eigenvalue weighted by atomic mass is 15.3. The minimum Gasteiger partial charge on any atom is -0.326 e. The average molecular weight is 251 g/mol. The molecule has 3 fully saturated rings. The van der Waals surface area contributed by atoms with E-state index in [0.29, 0.717) is 12.1 Å². The van der Waals surface area contributed by atoms with Gasteiger partial charge >= 0.3 is 0 Å². The van der Waals surface area contributed by atoms with Crippen molar-refractivity contribution in [3.05, 3.63) is 0 Å². The van der Waals surface area contributed by atoms with Gasteiger partial charge in [-0.2, -0.15) is 0 Å². The molecule has 2 saturated heterocycles. The Morgan fingerprint density at radius 1 is 0.722 bits per heavy atom. The lowest BCUT2D eigenvalue weighted by Crippen LogP contribution is -2.50. The summed E-state index contributed by atoms with van der Waals surface area (Å²) in [6.45, 7) is 5.24. The molecule has 3 unspecified atom stereocenters. The molecule has 0 bridgehead atoms. The summed E-state index contributed by atoms with van der Waals surface area (Å²) in [6.07, 6.45) is 10.9. The predicted molar refractivity (Wildman–Crippen MR) is 75.6 cm³/mol. The van der Waals surface area contributed by atoms with Crippen LogP contribution in [0, 0.1) is 0 Å². The predicted octanol–water partition coefficient (Wildman–Crippen LogP) is 1.82. The van der Waals surface area contributed by atoms with Gasteiger partial charge in [0.2, 0.25) is 0 Å². The maximum absolute atomic E-state index is 6.44. The molecule has 1 saturated carbocycles. The number of fused-ring (bicyclic) bond motifs is 1. The minimum atomic E-state index is 0.431. The van der Waals surface area contributed by atoms with Crippen molar-refractivity contribution >= 4 is 0 Å². The second kappa shape index (κ2) is 5.89. The standard InChI is InChI=1S/C15H29N3/c16-14-7-2-1-3-8-15(14)18-11-5-10-17-9-4-6-13(17)12-18/h13-15H,1-12,16H2. The van der Waals surface area contributed by atoms with Gasteiger partial charge in [0.1, 0.15) is 0 Å². The molecule has 2 aliphatic heterocycles. The molecular formula is C15H29N3. The van der Waals surface area contributed by atoms with Crippen LogP contribution in [0.5, 0.6) is 0 Å². The molecule has 0 aromatic heterocycles. The van der Waals surface area contributed by atoms with Gasteiger partial charge < -0.3 is 5.73 Å². The lowest BCUT2D eigenvalue weighted by atomic mass is 10.0. The molecule has 2 N–H and O–H groups in total. The van der Waals surface area contributed by atoms with Crippen LogP contribution in [0.25, 0.3) is 0 Å². The van der Waals surface area contributed by atoms with Gasteiger partial charge in [-0.1, -0.05) is 19.3 Å². The van der Waals surface area contributed by atoms with Gasteiger partial charge in [0.05, 0.1) is 0 Å². The van der Waals surface area contributed by atoms with Crippen LogP contribution in [0.4, 0.5) is 0 Å². The van der Waals surface area contributed by atoms with Crippen molar-refractivity contribution in [1.82, 2.24) is 9.80 Å². The van der Waals surface area contributed by atoms with Gasteiger partial charge in [0.15, 0.2) is 0 Å². The Morgan fingerprint density at radius 3 is 2.44 bits per heavy atom. The first kappa shape index (κ1) is 12.9. The summed E-state index contributed by atoms with van der Waals surface area (Å²) in [5, 5.41) is 0. The molecule has 3 aliphatic rings. The fourth-order valence-electron chi connectivity index (χ4n) is 4.31. The van der Waals surface area contributed by atoms with Crippen molar-refractivity contribution in [3.63, 3.8) is 0 Å². The van der Waals surface area contributed by atoms with Gasteiger partial charge in [-0.15, -0.1) is 0 Å². The van der Waals surface area contributed by atoms with Crippen LogP contribution in [-0.2, 0) is 0 Å². The minimum absolute atomic E-state index is 0.431. The van der Waals surface area contributed by atoms with Gasteiger partial charge in [0, 0.05) is 24.7 Å². The van der Waals surface area contributed by atoms with Gasteiger partial charge in [-0.25, -0.2) is 0 Å². The zero-order valence-corrected chi connectivity index (χ0v) is 11.7. The molecule has 0 spiro atoms. The molecule has 3 heteroatoms. The van der Waals surface area contributed by atoms with E-state index in [9.17, 15) is 0 Å². The first-order chi connectivity index (χ1) is 8.84. The van der Waals surface area contributed by atoms with E-state index in [1.165, 1.54) is 77.5 Å². The number of hydrogen-bond acceptors (Lipinski definition) is 3. The Hall–Kier alpha value is -0.120. The van der Waals surface area contributed by atoms with Gasteiger partial charge in [-0.05, 0) is 51.7 Å². The molecule has 3 rings (SSSR count). The molecule has 3 atom stereocenters. The van der Waals surface area contributed by atoms with Crippen LogP contribution in [0.1, 0.15) is 51.4 Å². The third-order valence-corrected chi connectivity index (χ3v) is 5.34. The molecule has 0 aromatic carbocycles. The zero-order chi connectivity index (χ0) is 12.4. The highest BCUT2D eigenvalue weighted by Gasteiger charge is 2.33. The summed E-state index contributed by atoms with van der Waals surface area (Å²) in [5.41, 5.74) is 6.44. The van der Waals surface area contributed by atoms with Crippen molar-refractivity contribution in [3.8, 4) is 0 Å². The Bertz CT molecular complexity index is 268. The Labute approximate surface area is 112 Å². The SMILES string of the molecule is NC1CCCCCC1N1CCCN2CCCC2C1. The summed E-state index contributed by atoms with van der Waals surface area (Å²) in [6, 6.07) is 1.94. The average Bonchev–Trinajstić information content (AvgIpc) is 2.59. The number of nitrogens with two attached hydrogens (primary N) is 1. The third kappa shape index (κ3) is 2.73. The van der Waals surface area contributed by atoms with Crippen molar-refractivity contribution in [2.45, 2.75) is 69.5 Å². The molecule has 18 heavy (non-hydrogen) atoms. The van der Waals surface area contributed by atoms with E-state index in [1.54, 1.807) is 0 Å². The molecule has 0 aromatic rings. The van der Waals surface area contributed by atoms with Gasteiger partial charge in [0.25, 0.3) is 0 Å². The molecular weight excluding hydrogens is 222 g/mol. The highest BCUT2D eigenvalue weighted by Crippen LogP contribution is 2.26. The Balaban J connectivity index is 1.66. The monoisotopic (exact) mass is 251 g/mol. The normalized spacial score (nSPS) is 40.2. The van der Waals surface area contributed by atoms with E-state index < -0.39 is 0 Å². The van der Waals surface area contributed by atoms with E-state index in [1.807, 2.05) is 0 Å². The zero-order valence-electron chi connectivity index (χ0n) is 11.7. The first-order valence-corrected chi connectivity index (χ1v) is 8.08. The van der Waals surface area contributed by atoms with E-state index in [-0.39, 0.29) is 0 Å². The molecule has 3 nitrogen and oxygen atoms in total.